The van der Waals surface area contributed by atoms with Crippen LogP contribution in [0.5, 0.6) is 0 Å². The van der Waals surface area contributed by atoms with Crippen LogP contribution in [0, 0.1) is 27.7 Å². The van der Waals surface area contributed by atoms with Crippen molar-refractivity contribution in [3.63, 3.8) is 0 Å². The summed E-state index contributed by atoms with van der Waals surface area (Å²) in [6.45, 7) is 13.3. The zero-order chi connectivity index (χ0) is 25.5. The summed E-state index contributed by atoms with van der Waals surface area (Å²) < 4.78 is 10.7. The fourth-order valence-electron chi connectivity index (χ4n) is 3.33. The van der Waals surface area contributed by atoms with Gasteiger partial charge in [-0.25, -0.2) is 4.79 Å². The first-order chi connectivity index (χ1) is 15.9. The van der Waals surface area contributed by atoms with E-state index in [4.69, 9.17) is 9.47 Å². The van der Waals surface area contributed by atoms with Crippen LogP contribution in [0.1, 0.15) is 61.4 Å². The molecule has 0 bridgehead atoms. The first kappa shape index (κ1) is 26.9. The SMILES string of the molecule is Cc1cccc(COC(=O)CCC(NC(=O)OC(C)(C)C)C(=O)Nc2ccc(C)c(C)c2C)c1. The minimum Gasteiger partial charge on any atom is -0.461 e. The number of esters is 1. The van der Waals surface area contributed by atoms with Gasteiger partial charge in [0.05, 0.1) is 0 Å². The van der Waals surface area contributed by atoms with Crippen molar-refractivity contribution in [2.45, 2.75) is 79.6 Å². The van der Waals surface area contributed by atoms with Gasteiger partial charge in [0.1, 0.15) is 18.2 Å². The summed E-state index contributed by atoms with van der Waals surface area (Å²) in [5, 5.41) is 5.47. The summed E-state index contributed by atoms with van der Waals surface area (Å²) in [5.41, 5.74) is 5.05. The Morgan fingerprint density at radius 3 is 2.32 bits per heavy atom. The summed E-state index contributed by atoms with van der Waals surface area (Å²) in [4.78, 5) is 37.7. The second-order valence-corrected chi connectivity index (χ2v) is 9.56. The van der Waals surface area contributed by atoms with Crippen molar-refractivity contribution in [1.29, 1.82) is 0 Å². The monoisotopic (exact) mass is 468 g/mol. The maximum atomic E-state index is 13.1. The lowest BCUT2D eigenvalue weighted by atomic mass is 10.0. The predicted octanol–water partition coefficient (Wildman–Crippen LogP) is 5.28. The molecule has 7 nitrogen and oxygen atoms in total. The second kappa shape index (κ2) is 11.7. The molecule has 2 rings (SSSR count). The van der Waals surface area contributed by atoms with Gasteiger partial charge in [-0.1, -0.05) is 35.9 Å². The van der Waals surface area contributed by atoms with Crippen LogP contribution in [-0.4, -0.2) is 29.6 Å². The Bertz CT molecular complexity index is 1040. The molecule has 0 aliphatic heterocycles. The Morgan fingerprint density at radius 1 is 0.971 bits per heavy atom. The van der Waals surface area contributed by atoms with Crippen LogP contribution in [0.25, 0.3) is 0 Å². The molecule has 2 N–H and O–H groups in total. The number of alkyl carbamates (subject to hydrolysis) is 1. The largest absolute Gasteiger partial charge is 0.461 e. The fourth-order valence-corrected chi connectivity index (χ4v) is 3.33. The average molecular weight is 469 g/mol. The summed E-state index contributed by atoms with van der Waals surface area (Å²) in [6.07, 6.45) is -0.690. The normalized spacial score (nSPS) is 12.0. The molecule has 0 aromatic heterocycles. The van der Waals surface area contributed by atoms with Crippen molar-refractivity contribution in [2.75, 3.05) is 5.32 Å². The molecule has 34 heavy (non-hydrogen) atoms. The number of rotatable bonds is 8. The molecule has 2 aromatic rings. The van der Waals surface area contributed by atoms with Crippen molar-refractivity contribution in [2.24, 2.45) is 0 Å². The van der Waals surface area contributed by atoms with Crippen molar-refractivity contribution < 1.29 is 23.9 Å². The topological polar surface area (TPSA) is 93.7 Å². The van der Waals surface area contributed by atoms with E-state index in [1.807, 2.05) is 64.1 Å². The number of nitrogens with one attached hydrogen (secondary N) is 2. The Labute approximate surface area is 202 Å². The molecule has 7 heteroatoms. The molecule has 2 aromatic carbocycles. The first-order valence-corrected chi connectivity index (χ1v) is 11.4. The van der Waals surface area contributed by atoms with E-state index in [1.165, 1.54) is 0 Å². The highest BCUT2D eigenvalue weighted by Crippen LogP contribution is 2.22. The van der Waals surface area contributed by atoms with Crippen LogP contribution in [0.4, 0.5) is 10.5 Å². The molecular weight excluding hydrogens is 432 g/mol. The average Bonchev–Trinajstić information content (AvgIpc) is 2.74. The van der Waals surface area contributed by atoms with Gasteiger partial charge < -0.3 is 20.1 Å². The maximum absolute atomic E-state index is 13.1. The Kier molecular flexibility index (Phi) is 9.24. The van der Waals surface area contributed by atoms with Gasteiger partial charge in [-0.15, -0.1) is 0 Å². The Hall–Kier alpha value is -3.35. The van der Waals surface area contributed by atoms with Crippen molar-refractivity contribution in [1.82, 2.24) is 5.32 Å². The molecule has 1 atom stereocenters. The van der Waals surface area contributed by atoms with Crippen molar-refractivity contribution in [3.05, 3.63) is 64.2 Å². The third-order valence-corrected chi connectivity index (χ3v) is 5.44. The van der Waals surface area contributed by atoms with Gasteiger partial charge in [0.15, 0.2) is 0 Å². The van der Waals surface area contributed by atoms with Gasteiger partial charge in [0.25, 0.3) is 0 Å². The van der Waals surface area contributed by atoms with Gasteiger partial charge >= 0.3 is 12.1 Å². The summed E-state index contributed by atoms with van der Waals surface area (Å²) >= 11 is 0. The molecule has 0 saturated carbocycles. The van der Waals surface area contributed by atoms with E-state index in [-0.39, 0.29) is 19.4 Å². The van der Waals surface area contributed by atoms with E-state index >= 15 is 0 Å². The molecule has 0 aliphatic rings. The number of hydrogen-bond donors (Lipinski definition) is 2. The van der Waals surface area contributed by atoms with Gasteiger partial charge in [0.2, 0.25) is 5.91 Å². The fraction of sp³-hybridized carbons (Fsp3) is 0.444. The molecule has 0 saturated heterocycles. The van der Waals surface area contributed by atoms with E-state index in [0.29, 0.717) is 5.69 Å². The van der Waals surface area contributed by atoms with Crippen LogP contribution in [0.15, 0.2) is 36.4 Å². The molecule has 0 radical (unpaired) electrons. The molecule has 184 valence electrons. The quantitative estimate of drug-likeness (QED) is 0.515. The van der Waals surface area contributed by atoms with Crippen molar-refractivity contribution >= 4 is 23.7 Å². The standard InChI is InChI=1S/C27H36N2O5/c1-17-9-8-10-21(15-17)16-33-24(30)14-13-23(29-26(32)34-27(5,6)7)25(31)28-22-12-11-18(2)19(3)20(22)4/h8-12,15,23H,13-14,16H2,1-7H3,(H,28,31)(H,29,32). The lowest BCUT2D eigenvalue weighted by Crippen LogP contribution is -2.46. The van der Waals surface area contributed by atoms with Crippen LogP contribution < -0.4 is 10.6 Å². The van der Waals surface area contributed by atoms with Gasteiger partial charge in [-0.3, -0.25) is 9.59 Å². The minimum absolute atomic E-state index is 0.0361. The number of amides is 2. The molecule has 0 fully saturated rings. The highest BCUT2D eigenvalue weighted by molar-refractivity contribution is 5.97. The highest BCUT2D eigenvalue weighted by Gasteiger charge is 2.26. The van der Waals surface area contributed by atoms with E-state index in [0.717, 1.165) is 27.8 Å². The first-order valence-electron chi connectivity index (χ1n) is 11.4. The number of aryl methyl sites for hydroxylation is 2. The number of hydrogen-bond acceptors (Lipinski definition) is 5. The third kappa shape index (κ3) is 8.54. The third-order valence-electron chi connectivity index (χ3n) is 5.44. The lowest BCUT2D eigenvalue weighted by molar-refractivity contribution is -0.145. The molecule has 0 aliphatic carbocycles. The minimum atomic E-state index is -0.970. The number of anilines is 1. The van der Waals surface area contributed by atoms with Crippen LogP contribution in [0.3, 0.4) is 0 Å². The number of benzene rings is 2. The summed E-state index contributed by atoms with van der Waals surface area (Å²) in [5.74, 6) is -0.878. The molecular formula is C27H36N2O5. The zero-order valence-corrected chi connectivity index (χ0v) is 21.2. The highest BCUT2D eigenvalue weighted by atomic mass is 16.6. The molecule has 0 heterocycles. The zero-order valence-electron chi connectivity index (χ0n) is 21.2. The summed E-state index contributed by atoms with van der Waals surface area (Å²) in [7, 11) is 0. The maximum Gasteiger partial charge on any atom is 0.408 e. The van der Waals surface area contributed by atoms with Crippen LogP contribution in [-0.2, 0) is 25.7 Å². The van der Waals surface area contributed by atoms with Crippen LogP contribution >= 0.6 is 0 Å². The Balaban J connectivity index is 2.06. The van der Waals surface area contributed by atoms with Crippen molar-refractivity contribution in [3.8, 4) is 0 Å². The number of carbonyl (C=O) groups excluding carboxylic acids is 3. The van der Waals surface area contributed by atoms with E-state index in [2.05, 4.69) is 10.6 Å². The number of carbonyl (C=O) groups is 3. The second-order valence-electron chi connectivity index (χ2n) is 9.56. The van der Waals surface area contributed by atoms with E-state index in [9.17, 15) is 14.4 Å². The molecule has 2 amide bonds. The summed E-state index contributed by atoms with van der Waals surface area (Å²) in [6, 6.07) is 10.5. The predicted molar refractivity (Wildman–Crippen MR) is 133 cm³/mol. The van der Waals surface area contributed by atoms with Gasteiger partial charge in [0, 0.05) is 12.1 Å². The number of ether oxygens (including phenoxy) is 2. The van der Waals surface area contributed by atoms with Gasteiger partial charge in [-0.05, 0) is 83.2 Å². The lowest BCUT2D eigenvalue weighted by Gasteiger charge is -2.23. The Morgan fingerprint density at radius 2 is 1.68 bits per heavy atom. The molecule has 0 spiro atoms. The van der Waals surface area contributed by atoms with E-state index in [1.54, 1.807) is 20.8 Å². The van der Waals surface area contributed by atoms with Crippen LogP contribution in [0.2, 0.25) is 0 Å². The van der Waals surface area contributed by atoms with Gasteiger partial charge in [-0.2, -0.15) is 0 Å². The molecule has 1 unspecified atom stereocenters. The smallest absolute Gasteiger partial charge is 0.408 e. The van der Waals surface area contributed by atoms with E-state index < -0.39 is 29.6 Å².